The summed E-state index contributed by atoms with van der Waals surface area (Å²) in [5, 5.41) is 12.5. The summed E-state index contributed by atoms with van der Waals surface area (Å²) < 4.78 is 33.4. The molecule has 1 heterocycles. The van der Waals surface area contributed by atoms with Gasteiger partial charge in [-0.1, -0.05) is 30.3 Å². The van der Waals surface area contributed by atoms with Crippen molar-refractivity contribution in [3.8, 4) is 5.75 Å². The summed E-state index contributed by atoms with van der Waals surface area (Å²) >= 11 is 0. The van der Waals surface area contributed by atoms with Gasteiger partial charge in [-0.15, -0.1) is 12.4 Å². The summed E-state index contributed by atoms with van der Waals surface area (Å²) in [6, 6.07) is 14.0. The summed E-state index contributed by atoms with van der Waals surface area (Å²) in [6.07, 6.45) is 0.626. The first-order valence-electron chi connectivity index (χ1n) is 9.32. The quantitative estimate of drug-likeness (QED) is 0.413. The first kappa shape index (κ1) is 24.1. The van der Waals surface area contributed by atoms with Crippen LogP contribution in [0, 0.1) is 5.92 Å². The normalized spacial score (nSPS) is 17.2. The van der Waals surface area contributed by atoms with Gasteiger partial charge in [0.1, 0.15) is 11.8 Å². The Kier molecular flexibility index (Phi) is 8.63. The zero-order valence-corrected chi connectivity index (χ0v) is 18.2. The fraction of sp³-hybridized carbons (Fsp3) is 0.350. The predicted octanol–water partition coefficient (Wildman–Crippen LogP) is 1.79. The largest absolute Gasteiger partial charge is 0.497 e. The summed E-state index contributed by atoms with van der Waals surface area (Å²) in [7, 11) is -2.54. The van der Waals surface area contributed by atoms with Crippen molar-refractivity contribution in [1.29, 1.82) is 0 Å². The van der Waals surface area contributed by atoms with Gasteiger partial charge < -0.3 is 10.1 Å². The number of carbonyl (C=O) groups is 1. The Labute approximate surface area is 182 Å². The molecule has 2 aromatic rings. The van der Waals surface area contributed by atoms with Gasteiger partial charge in [-0.25, -0.2) is 13.9 Å². The summed E-state index contributed by atoms with van der Waals surface area (Å²) in [5.41, 5.74) is 2.40. The van der Waals surface area contributed by atoms with Crippen LogP contribution in [0.4, 0.5) is 0 Å². The first-order chi connectivity index (χ1) is 14.0. The average Bonchev–Trinajstić information content (AvgIpc) is 3.28. The lowest BCUT2D eigenvalue weighted by atomic mass is 9.98. The molecule has 2 aromatic carbocycles. The van der Waals surface area contributed by atoms with Crippen LogP contribution in [0.3, 0.4) is 0 Å². The van der Waals surface area contributed by atoms with Crippen molar-refractivity contribution in [2.24, 2.45) is 5.92 Å². The maximum atomic E-state index is 13.6. The Morgan fingerprint density at radius 2 is 1.90 bits per heavy atom. The Bertz CT molecular complexity index is 919. The second-order valence-corrected chi connectivity index (χ2v) is 8.78. The Balaban J connectivity index is 0.00000320. The molecule has 0 spiro atoms. The lowest BCUT2D eigenvalue weighted by molar-refractivity contribution is -0.134. The number of hydrogen-bond acceptors (Lipinski definition) is 6. The van der Waals surface area contributed by atoms with Gasteiger partial charge in [0, 0.05) is 13.1 Å². The number of carbonyl (C=O) groups excluding carboxylic acids is 1. The molecule has 3 rings (SSSR count). The maximum Gasteiger partial charge on any atom is 0.262 e. The molecule has 164 valence electrons. The molecule has 8 nitrogen and oxygen atoms in total. The molecule has 30 heavy (non-hydrogen) atoms. The van der Waals surface area contributed by atoms with Gasteiger partial charge in [-0.05, 0) is 48.7 Å². The third kappa shape index (κ3) is 5.30. The van der Waals surface area contributed by atoms with Gasteiger partial charge in [-0.2, -0.15) is 4.31 Å². The minimum atomic E-state index is -4.04. The summed E-state index contributed by atoms with van der Waals surface area (Å²) in [5.74, 6) is -0.478. The van der Waals surface area contributed by atoms with E-state index in [9.17, 15) is 18.4 Å². The third-order valence-corrected chi connectivity index (χ3v) is 6.92. The van der Waals surface area contributed by atoms with Crippen LogP contribution in [0.5, 0.6) is 5.75 Å². The second-order valence-electron chi connectivity index (χ2n) is 6.89. The van der Waals surface area contributed by atoms with Crippen LogP contribution in [-0.4, -0.2) is 50.1 Å². The number of halogens is 1. The number of hydroxylamine groups is 1. The van der Waals surface area contributed by atoms with E-state index < -0.39 is 22.0 Å². The molecule has 1 aliphatic rings. The van der Waals surface area contributed by atoms with Crippen LogP contribution >= 0.6 is 12.4 Å². The standard InChI is InChI=1S/C20H25N3O5S.ClH/c1-28-17-7-9-18(10-8-17)29(26,27)23(14-15-5-3-2-4-6-15)19(20(24)22-25)16-11-12-21-13-16;/h2-10,16,19,21,25H,11-14H2,1H3,(H,22,24);1H. The topological polar surface area (TPSA) is 108 Å². The van der Waals surface area contributed by atoms with Gasteiger partial charge in [0.25, 0.3) is 5.91 Å². The van der Waals surface area contributed by atoms with Crippen molar-refractivity contribution >= 4 is 28.3 Å². The fourth-order valence-electron chi connectivity index (χ4n) is 3.57. The molecule has 1 aliphatic heterocycles. The Morgan fingerprint density at radius 3 is 2.43 bits per heavy atom. The molecule has 1 fully saturated rings. The van der Waals surface area contributed by atoms with Crippen LogP contribution in [0.25, 0.3) is 0 Å². The van der Waals surface area contributed by atoms with E-state index in [0.29, 0.717) is 25.3 Å². The average molecular weight is 456 g/mol. The number of sulfonamides is 1. The van der Waals surface area contributed by atoms with E-state index >= 15 is 0 Å². The van der Waals surface area contributed by atoms with Crippen LogP contribution in [0.1, 0.15) is 12.0 Å². The highest BCUT2D eigenvalue weighted by Crippen LogP contribution is 2.28. The highest BCUT2D eigenvalue weighted by molar-refractivity contribution is 7.89. The van der Waals surface area contributed by atoms with Gasteiger partial charge >= 0.3 is 0 Å². The molecule has 3 N–H and O–H groups in total. The number of rotatable bonds is 8. The zero-order chi connectivity index (χ0) is 20.9. The van der Waals surface area contributed by atoms with Crippen molar-refractivity contribution in [2.75, 3.05) is 20.2 Å². The highest BCUT2D eigenvalue weighted by Gasteiger charge is 2.41. The molecule has 0 radical (unpaired) electrons. The van der Waals surface area contributed by atoms with Gasteiger partial charge in [0.15, 0.2) is 0 Å². The zero-order valence-electron chi connectivity index (χ0n) is 16.5. The molecule has 10 heteroatoms. The molecule has 0 saturated carbocycles. The number of nitrogens with zero attached hydrogens (tertiary/aromatic N) is 1. The fourth-order valence-corrected chi connectivity index (χ4v) is 5.21. The minimum Gasteiger partial charge on any atom is -0.497 e. The van der Waals surface area contributed by atoms with E-state index in [-0.39, 0.29) is 29.8 Å². The second kappa shape index (κ2) is 10.7. The number of ether oxygens (including phenoxy) is 1. The monoisotopic (exact) mass is 455 g/mol. The van der Waals surface area contributed by atoms with Gasteiger partial charge in [0.05, 0.1) is 12.0 Å². The Hall–Kier alpha value is -2.17. The maximum absolute atomic E-state index is 13.6. The first-order valence-corrected chi connectivity index (χ1v) is 10.8. The summed E-state index contributed by atoms with van der Waals surface area (Å²) in [6.45, 7) is 1.17. The lowest BCUT2D eigenvalue weighted by Crippen LogP contribution is -2.52. The van der Waals surface area contributed by atoms with E-state index in [1.807, 2.05) is 18.2 Å². The molecule has 0 aromatic heterocycles. The van der Waals surface area contributed by atoms with E-state index in [0.717, 1.165) is 5.56 Å². The molecule has 0 bridgehead atoms. The lowest BCUT2D eigenvalue weighted by Gasteiger charge is -2.33. The van der Waals surface area contributed by atoms with Gasteiger partial charge in [0.2, 0.25) is 10.0 Å². The van der Waals surface area contributed by atoms with Crippen molar-refractivity contribution in [2.45, 2.75) is 23.9 Å². The molecule has 1 amide bonds. The number of nitrogens with one attached hydrogen (secondary N) is 2. The molecule has 2 atom stereocenters. The van der Waals surface area contributed by atoms with Crippen LogP contribution in [-0.2, 0) is 21.4 Å². The third-order valence-electron chi connectivity index (χ3n) is 5.08. The summed E-state index contributed by atoms with van der Waals surface area (Å²) in [4.78, 5) is 12.6. The van der Waals surface area contributed by atoms with Crippen molar-refractivity contribution in [3.05, 3.63) is 60.2 Å². The molecule has 1 saturated heterocycles. The van der Waals surface area contributed by atoms with Crippen LogP contribution in [0.15, 0.2) is 59.5 Å². The number of methoxy groups -OCH3 is 1. The van der Waals surface area contributed by atoms with Crippen LogP contribution in [0.2, 0.25) is 0 Å². The number of hydrogen-bond donors (Lipinski definition) is 3. The predicted molar refractivity (Wildman–Crippen MR) is 114 cm³/mol. The smallest absolute Gasteiger partial charge is 0.262 e. The van der Waals surface area contributed by atoms with E-state index in [2.05, 4.69) is 5.32 Å². The minimum absolute atomic E-state index is 0. The number of amides is 1. The Morgan fingerprint density at radius 1 is 1.23 bits per heavy atom. The van der Waals surface area contributed by atoms with Crippen molar-refractivity contribution in [1.82, 2.24) is 15.1 Å². The molecule has 2 unspecified atom stereocenters. The van der Waals surface area contributed by atoms with E-state index in [1.54, 1.807) is 29.7 Å². The highest BCUT2D eigenvalue weighted by atomic mass is 35.5. The van der Waals surface area contributed by atoms with Crippen LogP contribution < -0.4 is 15.5 Å². The number of benzene rings is 2. The van der Waals surface area contributed by atoms with Gasteiger partial charge in [-0.3, -0.25) is 10.0 Å². The SMILES string of the molecule is COc1ccc(S(=O)(=O)N(Cc2ccccc2)C(C(=O)NO)C2CCNC2)cc1.Cl. The van der Waals surface area contributed by atoms with Crippen molar-refractivity contribution in [3.63, 3.8) is 0 Å². The van der Waals surface area contributed by atoms with E-state index in [1.165, 1.54) is 23.5 Å². The molecule has 0 aliphatic carbocycles. The van der Waals surface area contributed by atoms with Crippen molar-refractivity contribution < 1.29 is 23.2 Å². The molecular weight excluding hydrogens is 430 g/mol. The van der Waals surface area contributed by atoms with E-state index in [4.69, 9.17) is 4.74 Å². The molecular formula is C20H26ClN3O5S.